The summed E-state index contributed by atoms with van der Waals surface area (Å²) in [6.07, 6.45) is 1.60. The summed E-state index contributed by atoms with van der Waals surface area (Å²) in [4.78, 5) is 4.04. The molecule has 0 spiro atoms. The van der Waals surface area contributed by atoms with Gasteiger partial charge in [-0.15, -0.1) is 0 Å². The van der Waals surface area contributed by atoms with Crippen molar-refractivity contribution in [3.63, 3.8) is 0 Å². The standard InChI is InChI=1S/C8H7N3O/c9-5-6-1-2-10-8-7(6)12-4-3-11-8/h1-2H,3-4H2,(H,10,11). The Kier molecular flexibility index (Phi) is 1.56. The fourth-order valence-electron chi connectivity index (χ4n) is 1.13. The Balaban J connectivity index is 2.53. The molecule has 4 heteroatoms. The van der Waals surface area contributed by atoms with Crippen LogP contribution in [0.2, 0.25) is 0 Å². The molecule has 0 saturated carbocycles. The molecule has 1 aliphatic heterocycles. The van der Waals surface area contributed by atoms with Crippen molar-refractivity contribution in [2.24, 2.45) is 0 Å². The first-order chi connectivity index (χ1) is 5.92. The molecule has 0 amide bonds. The van der Waals surface area contributed by atoms with E-state index in [2.05, 4.69) is 16.4 Å². The average Bonchev–Trinajstić information content (AvgIpc) is 2.17. The summed E-state index contributed by atoms with van der Waals surface area (Å²) in [6, 6.07) is 3.69. The third-order valence-corrected chi connectivity index (χ3v) is 1.67. The molecule has 0 aliphatic carbocycles. The van der Waals surface area contributed by atoms with E-state index in [1.165, 1.54) is 0 Å². The first kappa shape index (κ1) is 6.92. The zero-order valence-corrected chi connectivity index (χ0v) is 6.37. The van der Waals surface area contributed by atoms with E-state index in [4.69, 9.17) is 10.00 Å². The molecule has 4 nitrogen and oxygen atoms in total. The number of pyridine rings is 1. The molecule has 0 atom stereocenters. The Hall–Kier alpha value is -1.76. The molecule has 0 saturated heterocycles. The lowest BCUT2D eigenvalue weighted by Gasteiger charge is -2.18. The smallest absolute Gasteiger partial charge is 0.179 e. The lowest BCUT2D eigenvalue weighted by Crippen LogP contribution is -2.19. The normalized spacial score (nSPS) is 13.6. The van der Waals surface area contributed by atoms with Gasteiger partial charge in [-0.3, -0.25) is 0 Å². The summed E-state index contributed by atoms with van der Waals surface area (Å²) in [6.45, 7) is 1.34. The topological polar surface area (TPSA) is 57.9 Å². The number of nitrogens with one attached hydrogen (secondary N) is 1. The van der Waals surface area contributed by atoms with Crippen LogP contribution in [-0.4, -0.2) is 18.1 Å². The second-order valence-electron chi connectivity index (χ2n) is 2.42. The van der Waals surface area contributed by atoms with Crippen molar-refractivity contribution in [3.05, 3.63) is 17.8 Å². The molecule has 1 N–H and O–H groups in total. The van der Waals surface area contributed by atoms with Crippen LogP contribution < -0.4 is 10.1 Å². The molecule has 0 fully saturated rings. The van der Waals surface area contributed by atoms with Crippen LogP contribution in [0, 0.1) is 11.3 Å². The minimum atomic E-state index is 0.534. The monoisotopic (exact) mass is 161 g/mol. The predicted octanol–water partition coefficient (Wildman–Crippen LogP) is 0.758. The van der Waals surface area contributed by atoms with Gasteiger partial charge in [0, 0.05) is 6.20 Å². The predicted molar refractivity (Wildman–Crippen MR) is 42.9 cm³/mol. The van der Waals surface area contributed by atoms with Crippen molar-refractivity contribution in [2.45, 2.75) is 0 Å². The fourth-order valence-corrected chi connectivity index (χ4v) is 1.13. The third-order valence-electron chi connectivity index (χ3n) is 1.67. The highest BCUT2D eigenvalue weighted by Crippen LogP contribution is 2.27. The van der Waals surface area contributed by atoms with E-state index in [0.717, 1.165) is 6.54 Å². The van der Waals surface area contributed by atoms with Gasteiger partial charge < -0.3 is 10.1 Å². The zero-order valence-electron chi connectivity index (χ0n) is 6.37. The van der Waals surface area contributed by atoms with Gasteiger partial charge in [0.15, 0.2) is 11.6 Å². The maximum Gasteiger partial charge on any atom is 0.179 e. The quantitative estimate of drug-likeness (QED) is 0.610. The van der Waals surface area contributed by atoms with Crippen LogP contribution in [0.4, 0.5) is 5.82 Å². The van der Waals surface area contributed by atoms with Crippen LogP contribution in [-0.2, 0) is 0 Å². The maximum atomic E-state index is 8.71. The third kappa shape index (κ3) is 0.957. The molecular formula is C8H7N3O. The van der Waals surface area contributed by atoms with Crippen LogP contribution >= 0.6 is 0 Å². The van der Waals surface area contributed by atoms with Gasteiger partial charge in [0.05, 0.1) is 12.1 Å². The molecule has 0 radical (unpaired) electrons. The van der Waals surface area contributed by atoms with Crippen LogP contribution in [0.5, 0.6) is 5.75 Å². The molecule has 1 aromatic rings. The van der Waals surface area contributed by atoms with Crippen molar-refractivity contribution >= 4 is 5.82 Å². The van der Waals surface area contributed by atoms with E-state index in [0.29, 0.717) is 23.7 Å². The van der Waals surface area contributed by atoms with Gasteiger partial charge in [-0.2, -0.15) is 5.26 Å². The molecule has 2 heterocycles. The van der Waals surface area contributed by atoms with Crippen LogP contribution in [0.3, 0.4) is 0 Å². The number of ether oxygens (including phenoxy) is 1. The van der Waals surface area contributed by atoms with E-state index in [1.54, 1.807) is 12.3 Å². The number of anilines is 1. The van der Waals surface area contributed by atoms with Crippen molar-refractivity contribution in [1.29, 1.82) is 5.26 Å². The van der Waals surface area contributed by atoms with Crippen LogP contribution in [0.1, 0.15) is 5.56 Å². The van der Waals surface area contributed by atoms with Gasteiger partial charge in [-0.1, -0.05) is 0 Å². The van der Waals surface area contributed by atoms with Gasteiger partial charge >= 0.3 is 0 Å². The Morgan fingerprint density at radius 3 is 3.42 bits per heavy atom. The molecule has 60 valence electrons. The summed E-state index contributed by atoms with van der Waals surface area (Å²) >= 11 is 0. The minimum Gasteiger partial charge on any atom is -0.486 e. The Bertz CT molecular complexity index is 343. The molecule has 1 aliphatic rings. The fraction of sp³-hybridized carbons (Fsp3) is 0.250. The highest BCUT2D eigenvalue weighted by Gasteiger charge is 2.14. The number of rotatable bonds is 0. The largest absolute Gasteiger partial charge is 0.486 e. The molecule has 0 unspecified atom stereocenters. The summed E-state index contributed by atoms with van der Waals surface area (Å²) in [5, 5.41) is 11.8. The number of hydrogen-bond donors (Lipinski definition) is 1. The average molecular weight is 161 g/mol. The molecule has 0 bridgehead atoms. The second-order valence-corrected chi connectivity index (χ2v) is 2.42. The van der Waals surface area contributed by atoms with Crippen LogP contribution in [0.25, 0.3) is 0 Å². The second kappa shape index (κ2) is 2.70. The van der Waals surface area contributed by atoms with Crippen molar-refractivity contribution in [3.8, 4) is 11.8 Å². The number of nitrogens with zero attached hydrogens (tertiary/aromatic N) is 2. The Morgan fingerprint density at radius 2 is 2.58 bits per heavy atom. The number of fused-ring (bicyclic) bond motifs is 1. The first-order valence-electron chi connectivity index (χ1n) is 3.67. The minimum absolute atomic E-state index is 0.534. The lowest BCUT2D eigenvalue weighted by molar-refractivity contribution is 0.320. The zero-order chi connectivity index (χ0) is 8.39. The summed E-state index contributed by atoms with van der Waals surface area (Å²) in [5.74, 6) is 1.24. The number of hydrogen-bond acceptors (Lipinski definition) is 4. The summed E-state index contributed by atoms with van der Waals surface area (Å²) in [7, 11) is 0. The summed E-state index contributed by atoms with van der Waals surface area (Å²) < 4.78 is 5.30. The first-order valence-corrected chi connectivity index (χ1v) is 3.67. The van der Waals surface area contributed by atoms with E-state index >= 15 is 0 Å². The Labute approximate surface area is 69.8 Å². The molecule has 1 aromatic heterocycles. The van der Waals surface area contributed by atoms with Crippen molar-refractivity contribution in [1.82, 2.24) is 4.98 Å². The maximum absolute atomic E-state index is 8.71. The number of aromatic nitrogens is 1. The van der Waals surface area contributed by atoms with Gasteiger partial charge in [-0.05, 0) is 6.07 Å². The van der Waals surface area contributed by atoms with Gasteiger partial charge in [0.2, 0.25) is 0 Å². The highest BCUT2D eigenvalue weighted by molar-refractivity contribution is 5.59. The lowest BCUT2D eigenvalue weighted by atomic mass is 10.2. The van der Waals surface area contributed by atoms with E-state index in [-0.39, 0.29) is 0 Å². The molecule has 0 aromatic carbocycles. The number of nitriles is 1. The van der Waals surface area contributed by atoms with Gasteiger partial charge in [-0.25, -0.2) is 4.98 Å². The van der Waals surface area contributed by atoms with Gasteiger partial charge in [0.1, 0.15) is 12.7 Å². The van der Waals surface area contributed by atoms with Crippen LogP contribution in [0.15, 0.2) is 12.3 Å². The van der Waals surface area contributed by atoms with E-state index in [1.807, 2.05) is 0 Å². The Morgan fingerprint density at radius 1 is 1.67 bits per heavy atom. The molecule has 2 rings (SSSR count). The molecule has 12 heavy (non-hydrogen) atoms. The van der Waals surface area contributed by atoms with Gasteiger partial charge in [0.25, 0.3) is 0 Å². The van der Waals surface area contributed by atoms with E-state index < -0.39 is 0 Å². The SMILES string of the molecule is N#Cc1ccnc2c1OCCN2. The molecular weight excluding hydrogens is 154 g/mol. The van der Waals surface area contributed by atoms with E-state index in [9.17, 15) is 0 Å². The van der Waals surface area contributed by atoms with Crippen molar-refractivity contribution in [2.75, 3.05) is 18.5 Å². The van der Waals surface area contributed by atoms with Crippen molar-refractivity contribution < 1.29 is 4.74 Å². The summed E-state index contributed by atoms with van der Waals surface area (Å²) in [5.41, 5.74) is 0.534. The highest BCUT2D eigenvalue weighted by atomic mass is 16.5.